The Morgan fingerprint density at radius 3 is 2.88 bits per heavy atom. The van der Waals surface area contributed by atoms with Crippen LogP contribution in [0.15, 0.2) is 42.9 Å². The van der Waals surface area contributed by atoms with Crippen LogP contribution < -0.4 is 0 Å². The molecule has 0 aliphatic heterocycles. The van der Waals surface area contributed by atoms with Crippen LogP contribution in [0, 0.1) is 0 Å². The molecule has 0 aliphatic carbocycles. The third-order valence-electron chi connectivity index (χ3n) is 2.54. The zero-order chi connectivity index (χ0) is 11.4. The summed E-state index contributed by atoms with van der Waals surface area (Å²) in [4.78, 5) is 8.05. The lowest BCUT2D eigenvalue weighted by Gasteiger charge is -2.10. The van der Waals surface area contributed by atoms with Gasteiger partial charge in [-0.05, 0) is 17.5 Å². The van der Waals surface area contributed by atoms with Gasteiger partial charge in [0.15, 0.2) is 0 Å². The van der Waals surface area contributed by atoms with E-state index in [1.54, 1.807) is 18.6 Å². The number of aromatic nitrogens is 2. The highest BCUT2D eigenvalue weighted by Gasteiger charge is 2.11. The van der Waals surface area contributed by atoms with E-state index in [9.17, 15) is 5.11 Å². The number of nitrogens with zero attached hydrogens (tertiary/aromatic N) is 2. The van der Waals surface area contributed by atoms with Gasteiger partial charge in [0.25, 0.3) is 0 Å². The molecule has 0 aliphatic rings. The Labute approximate surface area is 94.8 Å². The lowest BCUT2D eigenvalue weighted by Crippen LogP contribution is -2.03. The third kappa shape index (κ3) is 2.25. The van der Waals surface area contributed by atoms with Crippen LogP contribution in [0.4, 0.5) is 0 Å². The maximum atomic E-state index is 10.1. The van der Waals surface area contributed by atoms with E-state index in [2.05, 4.69) is 16.9 Å². The molecule has 0 spiro atoms. The summed E-state index contributed by atoms with van der Waals surface area (Å²) in [6, 6.07) is 7.90. The van der Waals surface area contributed by atoms with Crippen molar-refractivity contribution in [1.29, 1.82) is 0 Å². The van der Waals surface area contributed by atoms with E-state index < -0.39 is 6.10 Å². The van der Waals surface area contributed by atoms with E-state index in [4.69, 9.17) is 0 Å². The minimum absolute atomic E-state index is 0.579. The van der Waals surface area contributed by atoms with E-state index in [1.165, 1.54) is 5.56 Å². The largest absolute Gasteiger partial charge is 0.382 e. The number of hydrogen-bond donors (Lipinski definition) is 1. The zero-order valence-corrected chi connectivity index (χ0v) is 9.17. The lowest BCUT2D eigenvalue weighted by atomic mass is 10.0. The van der Waals surface area contributed by atoms with Crippen molar-refractivity contribution >= 4 is 0 Å². The van der Waals surface area contributed by atoms with Gasteiger partial charge in [0.2, 0.25) is 0 Å². The van der Waals surface area contributed by atoms with Crippen molar-refractivity contribution in [1.82, 2.24) is 9.97 Å². The maximum absolute atomic E-state index is 10.1. The summed E-state index contributed by atoms with van der Waals surface area (Å²) in [5.41, 5.74) is 2.65. The predicted molar refractivity (Wildman–Crippen MR) is 61.9 cm³/mol. The molecule has 0 radical (unpaired) electrons. The molecule has 0 fully saturated rings. The summed E-state index contributed by atoms with van der Waals surface area (Å²) in [5, 5.41) is 10.1. The predicted octanol–water partition coefficient (Wildman–Crippen LogP) is 2.12. The highest BCUT2D eigenvalue weighted by Crippen LogP contribution is 2.20. The standard InChI is InChI=1S/C13H14N2O/c1-2-10-4-3-5-11(8-10)13(16)12-9-14-6-7-15-12/h3-9,13,16H,2H2,1H3. The number of rotatable bonds is 3. The summed E-state index contributed by atoms with van der Waals surface area (Å²) in [6.07, 6.45) is 5.03. The van der Waals surface area contributed by atoms with Crippen LogP contribution in [0.25, 0.3) is 0 Å². The molecule has 1 aromatic heterocycles. The van der Waals surface area contributed by atoms with Crippen molar-refractivity contribution in [2.75, 3.05) is 0 Å². The smallest absolute Gasteiger partial charge is 0.123 e. The Morgan fingerprint density at radius 1 is 1.31 bits per heavy atom. The first kappa shape index (κ1) is 10.8. The average Bonchev–Trinajstić information content (AvgIpc) is 2.39. The van der Waals surface area contributed by atoms with E-state index in [0.717, 1.165) is 12.0 Å². The molecule has 1 heterocycles. The van der Waals surface area contributed by atoms with E-state index in [-0.39, 0.29) is 0 Å². The molecule has 0 saturated carbocycles. The zero-order valence-electron chi connectivity index (χ0n) is 9.17. The maximum Gasteiger partial charge on any atom is 0.123 e. The molecule has 2 aromatic rings. The second-order valence-electron chi connectivity index (χ2n) is 3.63. The molecular formula is C13H14N2O. The Balaban J connectivity index is 2.30. The lowest BCUT2D eigenvalue weighted by molar-refractivity contribution is 0.214. The van der Waals surface area contributed by atoms with Gasteiger partial charge in [-0.15, -0.1) is 0 Å². The molecule has 0 amide bonds. The molecule has 3 nitrogen and oxygen atoms in total. The molecule has 0 saturated heterocycles. The summed E-state index contributed by atoms with van der Waals surface area (Å²) >= 11 is 0. The van der Waals surface area contributed by atoms with Crippen molar-refractivity contribution in [2.24, 2.45) is 0 Å². The van der Waals surface area contributed by atoms with Crippen molar-refractivity contribution < 1.29 is 5.11 Å². The van der Waals surface area contributed by atoms with Crippen LogP contribution >= 0.6 is 0 Å². The topological polar surface area (TPSA) is 46.0 Å². The van der Waals surface area contributed by atoms with Gasteiger partial charge in [0.1, 0.15) is 6.10 Å². The van der Waals surface area contributed by atoms with Gasteiger partial charge in [0, 0.05) is 12.4 Å². The van der Waals surface area contributed by atoms with Gasteiger partial charge in [-0.1, -0.05) is 31.2 Å². The van der Waals surface area contributed by atoms with E-state index in [0.29, 0.717) is 5.69 Å². The Hall–Kier alpha value is -1.74. The van der Waals surface area contributed by atoms with Gasteiger partial charge < -0.3 is 5.11 Å². The monoisotopic (exact) mass is 214 g/mol. The van der Waals surface area contributed by atoms with Crippen LogP contribution in [0.3, 0.4) is 0 Å². The highest BCUT2D eigenvalue weighted by atomic mass is 16.3. The van der Waals surface area contributed by atoms with Crippen LogP contribution in [-0.4, -0.2) is 15.1 Å². The minimum atomic E-state index is -0.694. The first-order valence-electron chi connectivity index (χ1n) is 5.34. The molecule has 1 unspecified atom stereocenters. The fraction of sp³-hybridized carbons (Fsp3) is 0.231. The van der Waals surface area contributed by atoms with Crippen molar-refractivity contribution in [3.05, 3.63) is 59.7 Å². The molecule has 16 heavy (non-hydrogen) atoms. The van der Waals surface area contributed by atoms with Crippen LogP contribution in [0.1, 0.15) is 29.8 Å². The number of aliphatic hydroxyl groups excluding tert-OH is 1. The molecule has 1 aromatic carbocycles. The SMILES string of the molecule is CCc1cccc(C(O)c2cnccn2)c1. The van der Waals surface area contributed by atoms with Crippen LogP contribution in [0.2, 0.25) is 0 Å². The number of benzene rings is 1. The summed E-state index contributed by atoms with van der Waals surface area (Å²) in [6.45, 7) is 2.09. The van der Waals surface area contributed by atoms with Crippen LogP contribution in [0.5, 0.6) is 0 Å². The van der Waals surface area contributed by atoms with Gasteiger partial charge in [-0.25, -0.2) is 0 Å². The Bertz CT molecular complexity index is 456. The number of hydrogen-bond acceptors (Lipinski definition) is 3. The molecule has 3 heteroatoms. The van der Waals surface area contributed by atoms with E-state index >= 15 is 0 Å². The van der Waals surface area contributed by atoms with Gasteiger partial charge >= 0.3 is 0 Å². The van der Waals surface area contributed by atoms with Crippen LogP contribution in [-0.2, 0) is 6.42 Å². The second kappa shape index (κ2) is 4.86. The fourth-order valence-electron chi connectivity index (χ4n) is 1.61. The summed E-state index contributed by atoms with van der Waals surface area (Å²) in [7, 11) is 0. The Morgan fingerprint density at radius 2 is 2.19 bits per heavy atom. The quantitative estimate of drug-likeness (QED) is 0.851. The average molecular weight is 214 g/mol. The van der Waals surface area contributed by atoms with Crippen molar-refractivity contribution in [2.45, 2.75) is 19.4 Å². The van der Waals surface area contributed by atoms with Crippen molar-refractivity contribution in [3.8, 4) is 0 Å². The van der Waals surface area contributed by atoms with E-state index in [1.807, 2.05) is 24.3 Å². The molecule has 1 N–H and O–H groups in total. The first-order valence-corrected chi connectivity index (χ1v) is 5.34. The first-order chi connectivity index (χ1) is 7.81. The normalized spacial score (nSPS) is 12.4. The van der Waals surface area contributed by atoms with Gasteiger partial charge in [-0.2, -0.15) is 0 Å². The highest BCUT2D eigenvalue weighted by molar-refractivity contribution is 5.29. The molecular weight excluding hydrogens is 200 g/mol. The second-order valence-corrected chi connectivity index (χ2v) is 3.63. The number of aliphatic hydroxyl groups is 1. The summed E-state index contributed by atoms with van der Waals surface area (Å²) in [5.74, 6) is 0. The minimum Gasteiger partial charge on any atom is -0.382 e. The summed E-state index contributed by atoms with van der Waals surface area (Å²) < 4.78 is 0. The molecule has 82 valence electrons. The molecule has 0 bridgehead atoms. The Kier molecular flexibility index (Phi) is 3.27. The molecule has 2 rings (SSSR count). The molecule has 1 atom stereocenters. The fourth-order valence-corrected chi connectivity index (χ4v) is 1.61. The van der Waals surface area contributed by atoms with Crippen molar-refractivity contribution in [3.63, 3.8) is 0 Å². The van der Waals surface area contributed by atoms with Gasteiger partial charge in [-0.3, -0.25) is 9.97 Å². The van der Waals surface area contributed by atoms with Gasteiger partial charge in [0.05, 0.1) is 11.9 Å². The number of aryl methyl sites for hydroxylation is 1. The third-order valence-corrected chi connectivity index (χ3v) is 2.54.